The fourth-order valence-corrected chi connectivity index (χ4v) is 1.67. The number of ketones is 1. The van der Waals surface area contributed by atoms with Crippen molar-refractivity contribution in [3.8, 4) is 0 Å². The Morgan fingerprint density at radius 1 is 1.40 bits per heavy atom. The number of amides is 1. The maximum absolute atomic E-state index is 11.8. The van der Waals surface area contributed by atoms with Crippen LogP contribution in [-0.4, -0.2) is 62.4 Å². The summed E-state index contributed by atoms with van der Waals surface area (Å²) >= 11 is 0. The van der Waals surface area contributed by atoms with Crippen LogP contribution < -0.4 is 0 Å². The van der Waals surface area contributed by atoms with E-state index in [1.165, 1.54) is 19.6 Å². The number of H-pyrrole nitrogens is 1. The minimum absolute atomic E-state index is 0.101. The summed E-state index contributed by atoms with van der Waals surface area (Å²) < 4.78 is 0. The monoisotopic (exact) mass is 283 g/mol. The van der Waals surface area contributed by atoms with Crippen LogP contribution in [-0.2, 0) is 20.8 Å². The Balaban J connectivity index is 2.63. The molecule has 0 radical (unpaired) electrons. The van der Waals surface area contributed by atoms with Gasteiger partial charge in [-0.1, -0.05) is 0 Å². The maximum Gasteiger partial charge on any atom is 0.326 e. The fourth-order valence-electron chi connectivity index (χ4n) is 1.67. The number of nitrogens with zero attached hydrogens (tertiary/aromatic N) is 2. The van der Waals surface area contributed by atoms with E-state index in [0.717, 1.165) is 4.90 Å². The first kappa shape index (κ1) is 15.8. The Bertz CT molecular complexity index is 471. The van der Waals surface area contributed by atoms with Crippen molar-refractivity contribution in [2.24, 2.45) is 0 Å². The van der Waals surface area contributed by atoms with Crippen LogP contribution in [0.15, 0.2) is 12.5 Å². The zero-order valence-corrected chi connectivity index (χ0v) is 11.1. The summed E-state index contributed by atoms with van der Waals surface area (Å²) in [6.07, 6.45) is 2.80. The van der Waals surface area contributed by atoms with E-state index in [-0.39, 0.29) is 19.3 Å². The van der Waals surface area contributed by atoms with Crippen molar-refractivity contribution in [2.75, 3.05) is 13.7 Å². The minimum atomic E-state index is -1.14. The van der Waals surface area contributed by atoms with E-state index >= 15 is 0 Å². The summed E-state index contributed by atoms with van der Waals surface area (Å²) in [5.74, 6) is -2.05. The van der Waals surface area contributed by atoms with Crippen LogP contribution >= 0.6 is 0 Å². The standard InChI is InChI=1S/C12H17N3O5/c1-15(11(18)3-2-9(17)6-16)10(12(19)20)4-8-5-13-7-14-8/h5,7,10,16H,2-4,6H2,1H3,(H,13,14)(H,19,20). The van der Waals surface area contributed by atoms with Gasteiger partial charge < -0.3 is 20.1 Å². The number of aromatic nitrogens is 2. The highest BCUT2D eigenvalue weighted by Crippen LogP contribution is 2.08. The van der Waals surface area contributed by atoms with Crippen LogP contribution in [0.25, 0.3) is 0 Å². The second kappa shape index (κ2) is 7.39. The van der Waals surface area contributed by atoms with Gasteiger partial charge >= 0.3 is 5.97 Å². The van der Waals surface area contributed by atoms with Crippen LogP contribution in [0.5, 0.6) is 0 Å². The van der Waals surface area contributed by atoms with Gasteiger partial charge in [0.15, 0.2) is 5.78 Å². The predicted molar refractivity (Wildman–Crippen MR) is 67.8 cm³/mol. The van der Waals surface area contributed by atoms with Gasteiger partial charge in [0.2, 0.25) is 5.91 Å². The molecule has 0 spiro atoms. The van der Waals surface area contributed by atoms with Crippen molar-refractivity contribution in [3.05, 3.63) is 18.2 Å². The lowest BCUT2D eigenvalue weighted by molar-refractivity contribution is -0.149. The van der Waals surface area contributed by atoms with Gasteiger partial charge in [-0.2, -0.15) is 0 Å². The van der Waals surface area contributed by atoms with Crippen LogP contribution in [0.2, 0.25) is 0 Å². The third-order valence-electron chi connectivity index (χ3n) is 2.91. The Morgan fingerprint density at radius 2 is 2.10 bits per heavy atom. The number of imidazole rings is 1. The highest BCUT2D eigenvalue weighted by atomic mass is 16.4. The molecule has 1 aromatic heterocycles. The summed E-state index contributed by atoms with van der Waals surface area (Å²) in [6, 6.07) is -1.04. The zero-order chi connectivity index (χ0) is 15.1. The Kier molecular flexibility index (Phi) is 5.85. The number of hydrogen-bond acceptors (Lipinski definition) is 5. The van der Waals surface area contributed by atoms with Crippen molar-refractivity contribution in [3.63, 3.8) is 0 Å². The lowest BCUT2D eigenvalue weighted by Crippen LogP contribution is -2.44. The molecule has 1 heterocycles. The second-order valence-corrected chi connectivity index (χ2v) is 4.34. The average Bonchev–Trinajstić information content (AvgIpc) is 2.93. The van der Waals surface area contributed by atoms with Gasteiger partial charge in [-0.05, 0) is 0 Å². The zero-order valence-electron chi connectivity index (χ0n) is 11.1. The molecule has 1 aromatic rings. The van der Waals surface area contributed by atoms with Crippen molar-refractivity contribution >= 4 is 17.7 Å². The number of aromatic amines is 1. The summed E-state index contributed by atoms with van der Waals surface area (Å²) in [5.41, 5.74) is 0.600. The number of hydrogen-bond donors (Lipinski definition) is 3. The second-order valence-electron chi connectivity index (χ2n) is 4.34. The molecule has 8 nitrogen and oxygen atoms in total. The van der Waals surface area contributed by atoms with Gasteiger partial charge in [-0.3, -0.25) is 9.59 Å². The van der Waals surface area contributed by atoms with Crippen LogP contribution in [0, 0.1) is 0 Å². The van der Waals surface area contributed by atoms with Gasteiger partial charge in [-0.15, -0.1) is 0 Å². The number of carbonyl (C=O) groups excluding carboxylic acids is 2. The number of aliphatic hydroxyl groups is 1. The van der Waals surface area contributed by atoms with E-state index in [0.29, 0.717) is 5.69 Å². The number of rotatable bonds is 8. The number of nitrogens with one attached hydrogen (secondary N) is 1. The maximum atomic E-state index is 11.8. The van der Waals surface area contributed by atoms with Crippen LogP contribution in [0.4, 0.5) is 0 Å². The first-order chi connectivity index (χ1) is 9.45. The first-order valence-corrected chi connectivity index (χ1v) is 6.04. The van der Waals surface area contributed by atoms with Gasteiger partial charge in [0, 0.05) is 38.2 Å². The number of carboxylic acid groups (broad SMARTS) is 1. The van der Waals surface area contributed by atoms with Crippen molar-refractivity contribution < 1.29 is 24.6 Å². The highest BCUT2D eigenvalue weighted by molar-refractivity contribution is 5.87. The molecule has 1 rings (SSSR count). The molecule has 1 unspecified atom stereocenters. The van der Waals surface area contributed by atoms with Crippen LogP contribution in [0.3, 0.4) is 0 Å². The Morgan fingerprint density at radius 3 is 2.60 bits per heavy atom. The van der Waals surface area contributed by atoms with Crippen LogP contribution in [0.1, 0.15) is 18.5 Å². The van der Waals surface area contributed by atoms with E-state index in [9.17, 15) is 19.5 Å². The smallest absolute Gasteiger partial charge is 0.326 e. The number of aliphatic hydroxyl groups excluding tert-OH is 1. The Labute approximate surface area is 115 Å². The molecular formula is C12H17N3O5. The molecule has 0 bridgehead atoms. The minimum Gasteiger partial charge on any atom is -0.480 e. The topological polar surface area (TPSA) is 124 Å². The molecule has 3 N–H and O–H groups in total. The van der Waals surface area contributed by atoms with Gasteiger partial charge in [0.25, 0.3) is 0 Å². The quantitative estimate of drug-likeness (QED) is 0.574. The van der Waals surface area contributed by atoms with E-state index < -0.39 is 30.3 Å². The molecule has 20 heavy (non-hydrogen) atoms. The largest absolute Gasteiger partial charge is 0.480 e. The van der Waals surface area contributed by atoms with Gasteiger partial charge in [0.05, 0.1) is 6.33 Å². The summed E-state index contributed by atoms with van der Waals surface area (Å²) in [4.78, 5) is 41.7. The lowest BCUT2D eigenvalue weighted by atomic mass is 10.1. The van der Waals surface area contributed by atoms with Crippen molar-refractivity contribution in [2.45, 2.75) is 25.3 Å². The summed E-state index contributed by atoms with van der Waals surface area (Å²) in [5, 5.41) is 17.8. The predicted octanol–water partition coefficient (Wildman–Crippen LogP) is -0.795. The number of likely N-dealkylation sites (N-methyl/N-ethyl adjacent to an activating group) is 1. The molecule has 0 aliphatic heterocycles. The molecule has 110 valence electrons. The van der Waals surface area contributed by atoms with Crippen molar-refractivity contribution in [1.29, 1.82) is 0 Å². The summed E-state index contributed by atoms with van der Waals surface area (Å²) in [6.45, 7) is -0.618. The molecule has 8 heteroatoms. The number of Topliss-reactive ketones (excluding diaryl/α,β-unsaturated/α-hetero) is 1. The van der Waals surface area contributed by atoms with Crippen molar-refractivity contribution in [1.82, 2.24) is 14.9 Å². The molecular weight excluding hydrogens is 266 g/mol. The van der Waals surface area contributed by atoms with Gasteiger partial charge in [0.1, 0.15) is 12.6 Å². The number of aliphatic carboxylic acids is 1. The third-order valence-corrected chi connectivity index (χ3v) is 2.91. The van der Waals surface area contributed by atoms with E-state index in [1.54, 1.807) is 0 Å². The number of carbonyl (C=O) groups is 3. The fraction of sp³-hybridized carbons (Fsp3) is 0.500. The SMILES string of the molecule is CN(C(=O)CCC(=O)CO)C(Cc1cnc[nH]1)C(=O)O. The molecule has 1 amide bonds. The van der Waals surface area contributed by atoms with E-state index in [1.807, 2.05) is 0 Å². The molecule has 0 aliphatic rings. The molecule has 0 saturated heterocycles. The molecule has 1 atom stereocenters. The Hall–Kier alpha value is -2.22. The van der Waals surface area contributed by atoms with E-state index in [2.05, 4.69) is 9.97 Å². The first-order valence-electron chi connectivity index (χ1n) is 6.04. The molecule has 0 aliphatic carbocycles. The molecule has 0 aromatic carbocycles. The highest BCUT2D eigenvalue weighted by Gasteiger charge is 2.27. The van der Waals surface area contributed by atoms with E-state index in [4.69, 9.17) is 5.11 Å². The normalized spacial score (nSPS) is 11.9. The number of carboxylic acids is 1. The molecule has 0 fully saturated rings. The van der Waals surface area contributed by atoms with Gasteiger partial charge in [-0.25, -0.2) is 9.78 Å². The summed E-state index contributed by atoms with van der Waals surface area (Å²) in [7, 11) is 1.38. The molecule has 0 saturated carbocycles. The third kappa shape index (κ3) is 4.47. The average molecular weight is 283 g/mol. The lowest BCUT2D eigenvalue weighted by Gasteiger charge is -2.24.